The molecule has 0 aliphatic rings. The van der Waals surface area contributed by atoms with Gasteiger partial charge in [0.25, 0.3) is 0 Å². The lowest BCUT2D eigenvalue weighted by molar-refractivity contribution is 0.0387. The topological polar surface area (TPSA) is 127 Å². The number of hydrogen-bond acceptors (Lipinski definition) is 6. The van der Waals surface area contributed by atoms with Crippen LogP contribution in [0, 0.1) is 0 Å². The minimum atomic E-state index is -1.06. The van der Waals surface area contributed by atoms with E-state index in [9.17, 15) is 19.2 Å². The SMILES string of the molecule is COCCOC(=O)c1ccc(C(C)=O)cc1.O=C(O)c1ccc(C(=O)O)cc1. The molecular weight excluding hydrogens is 368 g/mol. The van der Waals surface area contributed by atoms with Gasteiger partial charge in [-0.05, 0) is 43.3 Å². The number of benzene rings is 2. The largest absolute Gasteiger partial charge is 0.478 e. The molecule has 0 heterocycles. The van der Waals surface area contributed by atoms with Gasteiger partial charge in [-0.15, -0.1) is 0 Å². The maximum Gasteiger partial charge on any atom is 0.338 e. The van der Waals surface area contributed by atoms with E-state index in [0.717, 1.165) is 0 Å². The van der Waals surface area contributed by atoms with Crippen molar-refractivity contribution in [3.8, 4) is 0 Å². The summed E-state index contributed by atoms with van der Waals surface area (Å²) in [7, 11) is 1.54. The minimum absolute atomic E-state index is 0.0284. The van der Waals surface area contributed by atoms with Gasteiger partial charge in [0.15, 0.2) is 5.78 Å². The zero-order valence-corrected chi connectivity index (χ0v) is 15.4. The third kappa shape index (κ3) is 7.38. The highest BCUT2D eigenvalue weighted by Gasteiger charge is 2.07. The Hall–Kier alpha value is -3.52. The summed E-state index contributed by atoms with van der Waals surface area (Å²) in [4.78, 5) is 43.1. The summed E-state index contributed by atoms with van der Waals surface area (Å²) in [6.07, 6.45) is 0. The Morgan fingerprint density at radius 2 is 1.11 bits per heavy atom. The number of ketones is 1. The van der Waals surface area contributed by atoms with Gasteiger partial charge in [-0.3, -0.25) is 4.79 Å². The predicted molar refractivity (Wildman–Crippen MR) is 99.0 cm³/mol. The number of Topliss-reactive ketones (excluding diaryl/α,β-unsaturated/α-hetero) is 1. The van der Waals surface area contributed by atoms with Gasteiger partial charge < -0.3 is 19.7 Å². The summed E-state index contributed by atoms with van der Waals surface area (Å²) in [5.41, 5.74) is 1.18. The Morgan fingerprint density at radius 3 is 1.46 bits per heavy atom. The zero-order valence-electron chi connectivity index (χ0n) is 15.4. The summed E-state index contributed by atoms with van der Waals surface area (Å²) in [5, 5.41) is 16.9. The van der Waals surface area contributed by atoms with Crippen LogP contribution >= 0.6 is 0 Å². The molecule has 148 valence electrons. The van der Waals surface area contributed by atoms with Gasteiger partial charge in [-0.2, -0.15) is 0 Å². The van der Waals surface area contributed by atoms with Gasteiger partial charge in [-0.1, -0.05) is 12.1 Å². The molecule has 2 aromatic carbocycles. The van der Waals surface area contributed by atoms with Crippen molar-refractivity contribution in [2.24, 2.45) is 0 Å². The van der Waals surface area contributed by atoms with E-state index in [1.807, 2.05) is 0 Å². The molecule has 0 unspecified atom stereocenters. The Labute approximate surface area is 161 Å². The molecule has 0 saturated heterocycles. The van der Waals surface area contributed by atoms with Crippen molar-refractivity contribution < 1.29 is 38.9 Å². The van der Waals surface area contributed by atoms with Crippen molar-refractivity contribution >= 4 is 23.7 Å². The maximum atomic E-state index is 11.4. The number of carboxylic acid groups (broad SMARTS) is 2. The van der Waals surface area contributed by atoms with Crippen LogP contribution in [0.25, 0.3) is 0 Å². The molecule has 0 atom stereocenters. The smallest absolute Gasteiger partial charge is 0.338 e. The Bertz CT molecular complexity index is 789. The van der Waals surface area contributed by atoms with Crippen LogP contribution < -0.4 is 0 Å². The van der Waals surface area contributed by atoms with Crippen LogP contribution in [0.15, 0.2) is 48.5 Å². The number of esters is 1. The van der Waals surface area contributed by atoms with E-state index in [2.05, 4.69) is 0 Å². The molecule has 2 aromatic rings. The third-order valence-corrected chi connectivity index (χ3v) is 3.43. The number of carboxylic acids is 2. The molecule has 0 amide bonds. The van der Waals surface area contributed by atoms with Crippen LogP contribution in [0.4, 0.5) is 0 Å². The molecule has 0 saturated carbocycles. The number of carbonyl (C=O) groups excluding carboxylic acids is 2. The van der Waals surface area contributed by atoms with Gasteiger partial charge in [0.1, 0.15) is 6.61 Å². The molecule has 0 aliphatic heterocycles. The number of ether oxygens (including phenoxy) is 2. The molecule has 2 rings (SSSR count). The van der Waals surface area contributed by atoms with E-state index in [0.29, 0.717) is 17.7 Å². The molecule has 28 heavy (non-hydrogen) atoms. The standard InChI is InChI=1S/C12H14O4.C8H6O4/c1-9(13)10-3-5-11(6-4-10)12(14)16-8-7-15-2;9-7(10)5-1-2-6(4-3-5)8(11)12/h3-6H,7-8H2,1-2H3;1-4H,(H,9,10)(H,11,12). The molecule has 2 N–H and O–H groups in total. The number of rotatable bonds is 7. The molecule has 8 heteroatoms. The van der Waals surface area contributed by atoms with E-state index >= 15 is 0 Å². The highest BCUT2D eigenvalue weighted by atomic mass is 16.6. The molecule has 0 bridgehead atoms. The first kappa shape index (κ1) is 22.5. The molecule has 0 spiro atoms. The number of aromatic carboxylic acids is 2. The lowest BCUT2D eigenvalue weighted by Gasteiger charge is -2.04. The van der Waals surface area contributed by atoms with Crippen LogP contribution in [0.2, 0.25) is 0 Å². The third-order valence-electron chi connectivity index (χ3n) is 3.43. The molecule has 0 radical (unpaired) electrons. The fourth-order valence-electron chi connectivity index (χ4n) is 1.90. The summed E-state index contributed by atoms with van der Waals surface area (Å²) in [5.74, 6) is -2.56. The summed E-state index contributed by atoms with van der Waals surface area (Å²) in [6.45, 7) is 2.08. The number of hydrogen-bond donors (Lipinski definition) is 2. The van der Waals surface area contributed by atoms with E-state index in [1.165, 1.54) is 38.3 Å². The van der Waals surface area contributed by atoms with E-state index in [1.54, 1.807) is 24.3 Å². The van der Waals surface area contributed by atoms with Gasteiger partial charge in [0.2, 0.25) is 0 Å². The Kier molecular flexibility index (Phi) is 9.05. The fourth-order valence-corrected chi connectivity index (χ4v) is 1.90. The number of methoxy groups -OCH3 is 1. The summed E-state index contributed by atoms with van der Waals surface area (Å²) in [6, 6.07) is 11.4. The lowest BCUT2D eigenvalue weighted by Crippen LogP contribution is -2.10. The second-order valence-electron chi connectivity index (χ2n) is 5.45. The zero-order chi connectivity index (χ0) is 21.1. The first-order valence-corrected chi connectivity index (χ1v) is 8.10. The van der Waals surface area contributed by atoms with Crippen LogP contribution in [0.3, 0.4) is 0 Å². The van der Waals surface area contributed by atoms with Gasteiger partial charge >= 0.3 is 17.9 Å². The van der Waals surface area contributed by atoms with Crippen molar-refractivity contribution in [2.45, 2.75) is 6.92 Å². The average molecular weight is 388 g/mol. The van der Waals surface area contributed by atoms with E-state index in [4.69, 9.17) is 19.7 Å². The fraction of sp³-hybridized carbons (Fsp3) is 0.200. The van der Waals surface area contributed by atoms with Gasteiger partial charge in [-0.25, -0.2) is 14.4 Å². The highest BCUT2D eigenvalue weighted by molar-refractivity contribution is 5.96. The van der Waals surface area contributed by atoms with Crippen LogP contribution in [-0.4, -0.2) is 54.2 Å². The Morgan fingerprint density at radius 1 is 0.714 bits per heavy atom. The summed E-state index contributed by atoms with van der Waals surface area (Å²) < 4.78 is 9.68. The van der Waals surface area contributed by atoms with Crippen molar-refractivity contribution in [1.82, 2.24) is 0 Å². The molecule has 0 aliphatic carbocycles. The van der Waals surface area contributed by atoms with Crippen molar-refractivity contribution in [2.75, 3.05) is 20.3 Å². The number of carbonyl (C=O) groups is 4. The molecule has 0 aromatic heterocycles. The first-order chi connectivity index (χ1) is 13.3. The van der Waals surface area contributed by atoms with Crippen molar-refractivity contribution in [1.29, 1.82) is 0 Å². The molecular formula is C20H20O8. The van der Waals surface area contributed by atoms with Crippen molar-refractivity contribution in [3.63, 3.8) is 0 Å². The maximum absolute atomic E-state index is 11.4. The quantitative estimate of drug-likeness (QED) is 0.421. The Balaban J connectivity index is 0.000000292. The van der Waals surface area contributed by atoms with Crippen molar-refractivity contribution in [3.05, 3.63) is 70.8 Å². The minimum Gasteiger partial charge on any atom is -0.478 e. The molecule has 0 fully saturated rings. The van der Waals surface area contributed by atoms with Crippen LogP contribution in [-0.2, 0) is 9.47 Å². The normalized spacial score (nSPS) is 9.64. The van der Waals surface area contributed by atoms with Crippen LogP contribution in [0.1, 0.15) is 48.4 Å². The average Bonchev–Trinajstić information content (AvgIpc) is 2.68. The van der Waals surface area contributed by atoms with Crippen LogP contribution in [0.5, 0.6) is 0 Å². The van der Waals surface area contributed by atoms with Gasteiger partial charge in [0, 0.05) is 12.7 Å². The predicted octanol–water partition coefficient (Wildman–Crippen LogP) is 2.78. The second-order valence-corrected chi connectivity index (χ2v) is 5.45. The lowest BCUT2D eigenvalue weighted by atomic mass is 10.1. The van der Waals surface area contributed by atoms with Gasteiger partial charge in [0.05, 0.1) is 23.3 Å². The summed E-state index contributed by atoms with van der Waals surface area (Å²) >= 11 is 0. The first-order valence-electron chi connectivity index (χ1n) is 8.10. The molecule has 8 nitrogen and oxygen atoms in total. The van der Waals surface area contributed by atoms with E-state index < -0.39 is 17.9 Å². The highest BCUT2D eigenvalue weighted by Crippen LogP contribution is 2.06. The monoisotopic (exact) mass is 388 g/mol. The van der Waals surface area contributed by atoms with E-state index in [-0.39, 0.29) is 23.5 Å². The second kappa shape index (κ2) is 11.2.